The van der Waals surface area contributed by atoms with Crippen LogP contribution in [0, 0.1) is 0 Å². The van der Waals surface area contributed by atoms with Crippen LogP contribution in [0.2, 0.25) is 0 Å². The van der Waals surface area contributed by atoms with Gasteiger partial charge in [0.25, 0.3) is 0 Å². The standard InChI is InChI=1S/C26H48O4/c1-3-5-7-9-10-11-12-13-14-15-16-17-18-20-22-26(29)30-24(23-25(27)28)21-19-8-6-4-2/h12-13,24H,3-11,14-23H2,1-2H3,(H,27,28)/b13-12-. The van der Waals surface area contributed by atoms with E-state index in [1.165, 1.54) is 51.4 Å². The fourth-order valence-electron chi connectivity index (χ4n) is 3.60. The van der Waals surface area contributed by atoms with E-state index in [0.717, 1.165) is 51.4 Å². The lowest BCUT2D eigenvalue weighted by atomic mass is 10.1. The van der Waals surface area contributed by atoms with Crippen LogP contribution in [0.4, 0.5) is 0 Å². The first-order valence-electron chi connectivity index (χ1n) is 12.7. The number of unbranched alkanes of at least 4 members (excludes halogenated alkanes) is 13. The molecule has 0 radical (unpaired) electrons. The van der Waals surface area contributed by atoms with Crippen LogP contribution in [0.3, 0.4) is 0 Å². The Hall–Kier alpha value is -1.32. The van der Waals surface area contributed by atoms with Gasteiger partial charge in [-0.25, -0.2) is 0 Å². The van der Waals surface area contributed by atoms with Crippen LogP contribution in [-0.2, 0) is 14.3 Å². The number of carbonyl (C=O) groups excluding carboxylic acids is 1. The van der Waals surface area contributed by atoms with Gasteiger partial charge < -0.3 is 9.84 Å². The van der Waals surface area contributed by atoms with Crippen LogP contribution in [0.25, 0.3) is 0 Å². The zero-order valence-electron chi connectivity index (χ0n) is 19.8. The molecule has 1 atom stereocenters. The molecule has 0 saturated carbocycles. The molecule has 0 spiro atoms. The Balaban J connectivity index is 3.64. The van der Waals surface area contributed by atoms with Gasteiger partial charge in [0, 0.05) is 6.42 Å². The lowest BCUT2D eigenvalue weighted by Crippen LogP contribution is -2.21. The Morgan fingerprint density at radius 3 is 1.80 bits per heavy atom. The summed E-state index contributed by atoms with van der Waals surface area (Å²) in [5.74, 6) is -1.13. The van der Waals surface area contributed by atoms with Crippen molar-refractivity contribution in [2.75, 3.05) is 0 Å². The fraction of sp³-hybridized carbons (Fsp3) is 0.846. The molecule has 1 N–H and O–H groups in total. The maximum absolute atomic E-state index is 12.0. The molecular formula is C26H48O4. The van der Waals surface area contributed by atoms with Crippen LogP contribution in [0.5, 0.6) is 0 Å². The lowest BCUT2D eigenvalue weighted by Gasteiger charge is -2.16. The quantitative estimate of drug-likeness (QED) is 0.109. The molecule has 0 heterocycles. The van der Waals surface area contributed by atoms with Crippen molar-refractivity contribution in [3.8, 4) is 0 Å². The topological polar surface area (TPSA) is 63.6 Å². The molecule has 0 rings (SSSR count). The van der Waals surface area contributed by atoms with Crippen molar-refractivity contribution in [3.05, 3.63) is 12.2 Å². The maximum atomic E-state index is 12.0. The van der Waals surface area contributed by atoms with Gasteiger partial charge in [0.2, 0.25) is 0 Å². The van der Waals surface area contributed by atoms with Crippen molar-refractivity contribution in [1.82, 2.24) is 0 Å². The Bertz CT molecular complexity index is 431. The monoisotopic (exact) mass is 424 g/mol. The molecule has 176 valence electrons. The van der Waals surface area contributed by atoms with Crippen molar-refractivity contribution in [2.45, 2.75) is 142 Å². The summed E-state index contributed by atoms with van der Waals surface area (Å²) in [6.07, 6.45) is 24.0. The average Bonchev–Trinajstić information content (AvgIpc) is 2.71. The van der Waals surface area contributed by atoms with E-state index in [1.807, 2.05) is 0 Å². The highest BCUT2D eigenvalue weighted by molar-refractivity contribution is 5.71. The third-order valence-corrected chi connectivity index (χ3v) is 5.47. The predicted octanol–water partition coefficient (Wildman–Crippen LogP) is 7.99. The zero-order chi connectivity index (χ0) is 22.3. The van der Waals surface area contributed by atoms with E-state index >= 15 is 0 Å². The van der Waals surface area contributed by atoms with Gasteiger partial charge in [-0.15, -0.1) is 0 Å². The largest absolute Gasteiger partial charge is 0.481 e. The van der Waals surface area contributed by atoms with Crippen molar-refractivity contribution in [2.24, 2.45) is 0 Å². The first kappa shape index (κ1) is 28.7. The Kier molecular flexibility index (Phi) is 21.4. The first-order valence-corrected chi connectivity index (χ1v) is 12.7. The van der Waals surface area contributed by atoms with Gasteiger partial charge in [-0.2, -0.15) is 0 Å². The Morgan fingerprint density at radius 2 is 1.23 bits per heavy atom. The number of allylic oxidation sites excluding steroid dienone is 2. The molecule has 1 unspecified atom stereocenters. The van der Waals surface area contributed by atoms with Gasteiger partial charge in [0.1, 0.15) is 6.10 Å². The SMILES string of the molecule is CCCCCCC/C=C\CCCCCCCC(=O)OC(CCCCCC)CC(=O)O. The van der Waals surface area contributed by atoms with Gasteiger partial charge in [-0.3, -0.25) is 9.59 Å². The molecule has 0 aliphatic rings. The highest BCUT2D eigenvalue weighted by Gasteiger charge is 2.17. The summed E-state index contributed by atoms with van der Waals surface area (Å²) < 4.78 is 5.43. The molecule has 4 nitrogen and oxygen atoms in total. The number of carboxylic acid groups (broad SMARTS) is 1. The number of rotatable bonds is 22. The van der Waals surface area contributed by atoms with Crippen LogP contribution in [0.1, 0.15) is 136 Å². The Morgan fingerprint density at radius 1 is 0.733 bits per heavy atom. The molecule has 0 bridgehead atoms. The number of carbonyl (C=O) groups is 2. The zero-order valence-corrected chi connectivity index (χ0v) is 19.8. The third kappa shape index (κ3) is 21.4. The van der Waals surface area contributed by atoms with Crippen molar-refractivity contribution in [3.63, 3.8) is 0 Å². The van der Waals surface area contributed by atoms with Gasteiger partial charge in [-0.05, 0) is 44.9 Å². The molecule has 0 amide bonds. The molecule has 0 aromatic carbocycles. The van der Waals surface area contributed by atoms with Gasteiger partial charge in [-0.1, -0.05) is 90.2 Å². The molecule has 4 heteroatoms. The smallest absolute Gasteiger partial charge is 0.307 e. The number of carboxylic acids is 1. The lowest BCUT2D eigenvalue weighted by molar-refractivity contribution is -0.153. The number of hydrogen-bond acceptors (Lipinski definition) is 3. The second-order valence-electron chi connectivity index (χ2n) is 8.54. The molecule has 30 heavy (non-hydrogen) atoms. The summed E-state index contributed by atoms with van der Waals surface area (Å²) in [4.78, 5) is 23.0. The van der Waals surface area contributed by atoms with Gasteiger partial charge >= 0.3 is 11.9 Å². The number of hydrogen-bond donors (Lipinski definition) is 1. The summed E-state index contributed by atoms with van der Waals surface area (Å²) in [6, 6.07) is 0. The predicted molar refractivity (Wildman–Crippen MR) is 126 cm³/mol. The van der Waals surface area contributed by atoms with E-state index in [1.54, 1.807) is 0 Å². The van der Waals surface area contributed by atoms with Crippen LogP contribution < -0.4 is 0 Å². The van der Waals surface area contributed by atoms with E-state index in [0.29, 0.717) is 12.8 Å². The second kappa shape index (κ2) is 22.4. The van der Waals surface area contributed by atoms with Gasteiger partial charge in [0.15, 0.2) is 0 Å². The number of ether oxygens (including phenoxy) is 1. The summed E-state index contributed by atoms with van der Waals surface area (Å²) >= 11 is 0. The molecule has 0 aromatic rings. The number of aliphatic carboxylic acids is 1. The van der Waals surface area contributed by atoms with Crippen LogP contribution in [-0.4, -0.2) is 23.1 Å². The van der Waals surface area contributed by atoms with Crippen molar-refractivity contribution in [1.29, 1.82) is 0 Å². The summed E-state index contributed by atoms with van der Waals surface area (Å²) in [5.41, 5.74) is 0. The minimum Gasteiger partial charge on any atom is -0.481 e. The second-order valence-corrected chi connectivity index (χ2v) is 8.54. The van der Waals surface area contributed by atoms with Crippen molar-refractivity contribution < 1.29 is 19.4 Å². The third-order valence-electron chi connectivity index (χ3n) is 5.47. The summed E-state index contributed by atoms with van der Waals surface area (Å²) in [5, 5.41) is 9.01. The highest BCUT2D eigenvalue weighted by atomic mass is 16.5. The molecule has 0 aliphatic carbocycles. The molecule has 0 fully saturated rings. The van der Waals surface area contributed by atoms with Crippen molar-refractivity contribution >= 4 is 11.9 Å². The van der Waals surface area contributed by atoms with E-state index in [9.17, 15) is 9.59 Å². The minimum atomic E-state index is -0.895. The van der Waals surface area contributed by atoms with E-state index in [-0.39, 0.29) is 12.4 Å². The normalized spacial score (nSPS) is 12.3. The minimum absolute atomic E-state index is 0.0792. The highest BCUT2D eigenvalue weighted by Crippen LogP contribution is 2.14. The molecule has 0 aromatic heterocycles. The Labute approximate surface area is 185 Å². The maximum Gasteiger partial charge on any atom is 0.307 e. The van der Waals surface area contributed by atoms with Crippen LogP contribution >= 0.6 is 0 Å². The molecular weight excluding hydrogens is 376 g/mol. The van der Waals surface area contributed by atoms with E-state index in [4.69, 9.17) is 9.84 Å². The summed E-state index contributed by atoms with van der Waals surface area (Å²) in [6.45, 7) is 4.39. The van der Waals surface area contributed by atoms with Gasteiger partial charge in [0.05, 0.1) is 6.42 Å². The molecule has 0 saturated heterocycles. The molecule has 0 aliphatic heterocycles. The van der Waals surface area contributed by atoms with E-state index < -0.39 is 12.1 Å². The summed E-state index contributed by atoms with van der Waals surface area (Å²) in [7, 11) is 0. The van der Waals surface area contributed by atoms with E-state index in [2.05, 4.69) is 26.0 Å². The fourth-order valence-corrected chi connectivity index (χ4v) is 3.60. The number of esters is 1. The van der Waals surface area contributed by atoms with Crippen LogP contribution in [0.15, 0.2) is 12.2 Å². The average molecular weight is 425 g/mol. The first-order chi connectivity index (χ1) is 14.6.